The SMILES string of the molecule is COc1cc(C(C(=O)N2CCCCC2C(=O)NCC(N)=O)C2CCCCC2)cc(OC)c1OC. The number of carbonyl (C=O) groups is 3. The number of rotatable bonds is 9. The van der Waals surface area contributed by atoms with E-state index in [1.54, 1.807) is 26.2 Å². The van der Waals surface area contributed by atoms with Crippen molar-refractivity contribution in [3.8, 4) is 17.2 Å². The summed E-state index contributed by atoms with van der Waals surface area (Å²) >= 11 is 0. The van der Waals surface area contributed by atoms with Crippen LogP contribution >= 0.6 is 0 Å². The van der Waals surface area contributed by atoms with Gasteiger partial charge < -0.3 is 30.2 Å². The van der Waals surface area contributed by atoms with Gasteiger partial charge in [-0.15, -0.1) is 0 Å². The van der Waals surface area contributed by atoms with E-state index < -0.39 is 17.9 Å². The van der Waals surface area contributed by atoms with Gasteiger partial charge in [-0.25, -0.2) is 0 Å². The normalized spacial score (nSPS) is 19.7. The van der Waals surface area contributed by atoms with Crippen LogP contribution in [0.2, 0.25) is 0 Å². The van der Waals surface area contributed by atoms with Gasteiger partial charge in [0.25, 0.3) is 0 Å². The zero-order valence-corrected chi connectivity index (χ0v) is 20.4. The van der Waals surface area contributed by atoms with Gasteiger partial charge in [-0.2, -0.15) is 0 Å². The molecule has 3 N–H and O–H groups in total. The average molecular weight is 476 g/mol. The van der Waals surface area contributed by atoms with Gasteiger partial charge >= 0.3 is 0 Å². The van der Waals surface area contributed by atoms with Gasteiger partial charge in [-0.3, -0.25) is 14.4 Å². The Morgan fingerprint density at radius 3 is 2.15 bits per heavy atom. The maximum absolute atomic E-state index is 14.1. The van der Waals surface area contributed by atoms with E-state index in [1.165, 1.54) is 0 Å². The molecule has 1 aliphatic carbocycles. The third-order valence-corrected chi connectivity index (χ3v) is 6.96. The summed E-state index contributed by atoms with van der Waals surface area (Å²) in [6, 6.07) is 3.09. The Kier molecular flexibility index (Phi) is 9.01. The van der Waals surface area contributed by atoms with Crippen molar-refractivity contribution in [2.24, 2.45) is 11.7 Å². The van der Waals surface area contributed by atoms with Crippen LogP contribution in [0.5, 0.6) is 17.2 Å². The highest BCUT2D eigenvalue weighted by molar-refractivity contribution is 5.92. The lowest BCUT2D eigenvalue weighted by Crippen LogP contribution is -2.54. The fraction of sp³-hybridized carbons (Fsp3) is 0.640. The maximum atomic E-state index is 14.1. The molecular formula is C25H37N3O6. The third-order valence-electron chi connectivity index (χ3n) is 6.96. The van der Waals surface area contributed by atoms with Gasteiger partial charge in [0, 0.05) is 6.54 Å². The lowest BCUT2D eigenvalue weighted by Gasteiger charge is -2.39. The number of nitrogens with one attached hydrogen (secondary N) is 1. The monoisotopic (exact) mass is 475 g/mol. The van der Waals surface area contributed by atoms with Gasteiger partial charge in [0.2, 0.25) is 23.5 Å². The van der Waals surface area contributed by atoms with Crippen molar-refractivity contribution < 1.29 is 28.6 Å². The van der Waals surface area contributed by atoms with Gasteiger partial charge in [0.05, 0.1) is 33.8 Å². The molecule has 1 aromatic carbocycles. The second-order valence-electron chi connectivity index (χ2n) is 9.06. The van der Waals surface area contributed by atoms with Crippen molar-refractivity contribution >= 4 is 17.7 Å². The number of benzene rings is 1. The van der Waals surface area contributed by atoms with Crippen molar-refractivity contribution in [1.82, 2.24) is 10.2 Å². The summed E-state index contributed by atoms with van der Waals surface area (Å²) in [5, 5.41) is 2.58. The number of piperidine rings is 1. The van der Waals surface area contributed by atoms with Crippen LogP contribution in [-0.2, 0) is 14.4 Å². The lowest BCUT2D eigenvalue weighted by molar-refractivity contribution is -0.144. The molecule has 0 aromatic heterocycles. The molecule has 1 saturated heterocycles. The minimum atomic E-state index is -0.617. The summed E-state index contributed by atoms with van der Waals surface area (Å²) < 4.78 is 16.6. The number of hydrogen-bond donors (Lipinski definition) is 2. The van der Waals surface area contributed by atoms with Gasteiger partial charge in [0.1, 0.15) is 6.04 Å². The van der Waals surface area contributed by atoms with E-state index in [-0.39, 0.29) is 24.3 Å². The first-order chi connectivity index (χ1) is 16.4. The molecule has 2 atom stereocenters. The quantitative estimate of drug-likeness (QED) is 0.566. The zero-order chi connectivity index (χ0) is 24.7. The Hall–Kier alpha value is -2.97. The molecular weight excluding hydrogens is 438 g/mol. The summed E-state index contributed by atoms with van der Waals surface area (Å²) in [6.07, 6.45) is 7.42. The molecule has 2 unspecified atom stereocenters. The molecule has 0 bridgehead atoms. The van der Waals surface area contributed by atoms with E-state index in [9.17, 15) is 14.4 Å². The Morgan fingerprint density at radius 2 is 1.59 bits per heavy atom. The predicted molar refractivity (Wildman–Crippen MR) is 127 cm³/mol. The third kappa shape index (κ3) is 5.74. The highest BCUT2D eigenvalue weighted by Gasteiger charge is 2.40. The van der Waals surface area contributed by atoms with Crippen LogP contribution in [0.1, 0.15) is 62.8 Å². The van der Waals surface area contributed by atoms with Gasteiger partial charge in [0.15, 0.2) is 11.5 Å². The molecule has 9 heteroatoms. The highest BCUT2D eigenvalue weighted by atomic mass is 16.5. The van der Waals surface area contributed by atoms with E-state index in [1.807, 2.05) is 12.1 Å². The van der Waals surface area contributed by atoms with E-state index in [2.05, 4.69) is 5.32 Å². The number of carbonyl (C=O) groups excluding carboxylic acids is 3. The second kappa shape index (κ2) is 11.9. The molecule has 34 heavy (non-hydrogen) atoms. The maximum Gasteiger partial charge on any atom is 0.243 e. The molecule has 188 valence electrons. The Morgan fingerprint density at radius 1 is 0.971 bits per heavy atom. The molecule has 1 heterocycles. The molecule has 1 aliphatic heterocycles. The fourth-order valence-corrected chi connectivity index (χ4v) is 5.30. The molecule has 3 amide bonds. The van der Waals surface area contributed by atoms with Crippen molar-refractivity contribution in [1.29, 1.82) is 0 Å². The van der Waals surface area contributed by atoms with Gasteiger partial charge in [-0.1, -0.05) is 19.3 Å². The smallest absolute Gasteiger partial charge is 0.243 e. The highest BCUT2D eigenvalue weighted by Crippen LogP contribution is 2.45. The minimum absolute atomic E-state index is 0.0694. The first kappa shape index (κ1) is 25.6. The van der Waals surface area contributed by atoms with Crippen LogP contribution in [0.4, 0.5) is 0 Å². The first-order valence-electron chi connectivity index (χ1n) is 12.1. The predicted octanol–water partition coefficient (Wildman–Crippen LogP) is 2.36. The molecule has 2 aliphatic rings. The zero-order valence-electron chi connectivity index (χ0n) is 20.4. The van der Waals surface area contributed by atoms with Crippen molar-refractivity contribution in [3.05, 3.63) is 17.7 Å². The van der Waals surface area contributed by atoms with E-state index in [4.69, 9.17) is 19.9 Å². The van der Waals surface area contributed by atoms with Crippen LogP contribution in [-0.4, -0.2) is 63.1 Å². The Balaban J connectivity index is 1.99. The number of ether oxygens (including phenoxy) is 3. The minimum Gasteiger partial charge on any atom is -0.493 e. The summed E-state index contributed by atoms with van der Waals surface area (Å²) in [5.41, 5.74) is 6.00. The summed E-state index contributed by atoms with van der Waals surface area (Å²) in [6.45, 7) is 0.261. The average Bonchev–Trinajstić information content (AvgIpc) is 2.87. The van der Waals surface area contributed by atoms with Crippen molar-refractivity contribution in [2.45, 2.75) is 63.3 Å². The number of amides is 3. The van der Waals surface area contributed by atoms with Crippen molar-refractivity contribution in [2.75, 3.05) is 34.4 Å². The Labute approximate surface area is 201 Å². The van der Waals surface area contributed by atoms with E-state index in [0.717, 1.165) is 50.5 Å². The molecule has 9 nitrogen and oxygen atoms in total. The number of likely N-dealkylation sites (tertiary alicyclic amines) is 1. The number of methoxy groups -OCH3 is 3. The van der Waals surface area contributed by atoms with Gasteiger partial charge in [-0.05, 0) is 55.7 Å². The molecule has 1 saturated carbocycles. The van der Waals surface area contributed by atoms with E-state index >= 15 is 0 Å². The number of nitrogens with two attached hydrogens (primary N) is 1. The van der Waals surface area contributed by atoms with Crippen LogP contribution in [0, 0.1) is 5.92 Å². The largest absolute Gasteiger partial charge is 0.493 e. The van der Waals surface area contributed by atoms with Crippen LogP contribution in [0.15, 0.2) is 12.1 Å². The molecule has 1 aromatic rings. The molecule has 0 radical (unpaired) electrons. The molecule has 3 rings (SSSR count). The molecule has 0 spiro atoms. The first-order valence-corrected chi connectivity index (χ1v) is 12.1. The number of nitrogens with zero attached hydrogens (tertiary/aromatic N) is 1. The Bertz CT molecular complexity index is 858. The van der Waals surface area contributed by atoms with E-state index in [0.29, 0.717) is 30.2 Å². The molecule has 2 fully saturated rings. The summed E-state index contributed by atoms with van der Waals surface area (Å²) in [5.74, 6) is 0.183. The van der Waals surface area contributed by atoms with Crippen LogP contribution in [0.25, 0.3) is 0 Å². The number of hydrogen-bond acceptors (Lipinski definition) is 6. The summed E-state index contributed by atoms with van der Waals surface area (Å²) in [7, 11) is 4.66. The number of primary amides is 1. The fourth-order valence-electron chi connectivity index (χ4n) is 5.30. The van der Waals surface area contributed by atoms with Crippen LogP contribution in [0.3, 0.4) is 0 Å². The summed E-state index contributed by atoms with van der Waals surface area (Å²) in [4.78, 5) is 39.9. The lowest BCUT2D eigenvalue weighted by atomic mass is 9.75. The standard InChI is InChI=1S/C25H37N3O6/c1-32-19-13-17(14-20(33-2)23(19)34-3)22(16-9-5-4-6-10-16)25(31)28-12-8-7-11-18(28)24(30)27-15-21(26)29/h13-14,16,18,22H,4-12,15H2,1-3H3,(H2,26,29)(H,27,30). The second-order valence-corrected chi connectivity index (χ2v) is 9.06. The van der Waals surface area contributed by atoms with Crippen LogP contribution < -0.4 is 25.3 Å². The van der Waals surface area contributed by atoms with Crippen molar-refractivity contribution in [3.63, 3.8) is 0 Å². The topological polar surface area (TPSA) is 120 Å².